The van der Waals surface area contributed by atoms with Gasteiger partial charge in [0.2, 0.25) is 5.79 Å². The highest BCUT2D eigenvalue weighted by Gasteiger charge is 2.42. The quantitative estimate of drug-likeness (QED) is 0.668. The first-order valence-corrected chi connectivity index (χ1v) is 5.25. The molecule has 1 amide bonds. The summed E-state index contributed by atoms with van der Waals surface area (Å²) in [5, 5.41) is 0. The summed E-state index contributed by atoms with van der Waals surface area (Å²) >= 11 is 0. The van der Waals surface area contributed by atoms with Crippen LogP contribution in [0.4, 0.5) is 0 Å². The van der Waals surface area contributed by atoms with Gasteiger partial charge in [0.25, 0.3) is 5.91 Å². The normalized spacial score (nSPS) is 29.8. The van der Waals surface area contributed by atoms with Gasteiger partial charge in [0.15, 0.2) is 6.29 Å². The second-order valence-electron chi connectivity index (χ2n) is 3.95. The Bertz CT molecular complexity index is 267. The summed E-state index contributed by atoms with van der Waals surface area (Å²) in [5.74, 6) is -1.47. The highest BCUT2D eigenvalue weighted by molar-refractivity contribution is 5.82. The van der Waals surface area contributed by atoms with Crippen molar-refractivity contribution < 1.29 is 19.0 Å². The predicted octanol–water partition coefficient (Wildman–Crippen LogP) is 0.756. The molecule has 1 heterocycles. The van der Waals surface area contributed by atoms with Crippen LogP contribution in [0.5, 0.6) is 0 Å². The summed E-state index contributed by atoms with van der Waals surface area (Å²) < 4.78 is 16.3. The first kappa shape index (κ1) is 13.2. The fourth-order valence-corrected chi connectivity index (χ4v) is 1.50. The van der Waals surface area contributed by atoms with Gasteiger partial charge in [0.05, 0.1) is 13.2 Å². The Kier molecular flexibility index (Phi) is 4.46. The van der Waals surface area contributed by atoms with Crippen molar-refractivity contribution in [2.45, 2.75) is 25.4 Å². The highest BCUT2D eigenvalue weighted by Crippen LogP contribution is 2.25. The minimum Gasteiger partial charge on any atom is -0.348 e. The van der Waals surface area contributed by atoms with E-state index in [-0.39, 0.29) is 5.91 Å². The van der Waals surface area contributed by atoms with Crippen LogP contribution in [0, 0.1) is 0 Å². The molecule has 1 fully saturated rings. The van der Waals surface area contributed by atoms with Crippen molar-refractivity contribution in [1.82, 2.24) is 4.90 Å². The molecule has 1 saturated heterocycles. The molecule has 0 aromatic heterocycles. The van der Waals surface area contributed by atoms with Crippen molar-refractivity contribution in [2.24, 2.45) is 0 Å². The average Bonchev–Trinajstić information content (AvgIpc) is 2.25. The lowest BCUT2D eigenvalue weighted by atomic mass is 10.2. The maximum absolute atomic E-state index is 11.8. The number of likely N-dealkylation sites (N-methyl/N-ethyl adjacent to an activating group) is 1. The van der Waals surface area contributed by atoms with E-state index < -0.39 is 12.1 Å². The molecule has 5 heteroatoms. The average molecular weight is 229 g/mol. The molecular weight excluding hydrogens is 210 g/mol. The van der Waals surface area contributed by atoms with Crippen molar-refractivity contribution in [3.63, 3.8) is 0 Å². The Balaban J connectivity index is 2.60. The smallest absolute Gasteiger partial charge is 0.282 e. The van der Waals surface area contributed by atoms with E-state index in [1.807, 2.05) is 0 Å². The van der Waals surface area contributed by atoms with Crippen molar-refractivity contribution >= 4 is 5.91 Å². The Labute approximate surface area is 96.0 Å². The molecule has 5 nitrogen and oxygen atoms in total. The predicted molar refractivity (Wildman–Crippen MR) is 58.7 cm³/mol. The Hall–Kier alpha value is -0.910. The highest BCUT2D eigenvalue weighted by atomic mass is 16.8. The molecule has 0 aliphatic carbocycles. The zero-order chi connectivity index (χ0) is 12.2. The van der Waals surface area contributed by atoms with Crippen LogP contribution in [-0.2, 0) is 19.0 Å². The van der Waals surface area contributed by atoms with Gasteiger partial charge in [-0.1, -0.05) is 6.08 Å². The number of carbonyl (C=O) groups excluding carboxylic acids is 1. The lowest BCUT2D eigenvalue weighted by Gasteiger charge is -2.38. The van der Waals surface area contributed by atoms with E-state index in [0.29, 0.717) is 19.6 Å². The molecule has 0 aromatic carbocycles. The summed E-state index contributed by atoms with van der Waals surface area (Å²) in [6.07, 6.45) is 1.84. The third kappa shape index (κ3) is 3.04. The molecule has 0 aromatic rings. The first-order valence-electron chi connectivity index (χ1n) is 5.25. The fraction of sp³-hybridized carbons (Fsp3) is 0.727. The van der Waals surface area contributed by atoms with Crippen LogP contribution in [0.15, 0.2) is 12.7 Å². The summed E-state index contributed by atoms with van der Waals surface area (Å²) in [7, 11) is 3.32. The first-order chi connectivity index (χ1) is 7.49. The number of amides is 1. The van der Waals surface area contributed by atoms with E-state index in [4.69, 9.17) is 14.2 Å². The molecule has 1 aliphatic rings. The molecule has 0 radical (unpaired) electrons. The van der Waals surface area contributed by atoms with Gasteiger partial charge in [-0.2, -0.15) is 0 Å². The van der Waals surface area contributed by atoms with Gasteiger partial charge < -0.3 is 19.1 Å². The summed E-state index contributed by atoms with van der Waals surface area (Å²) in [6.45, 7) is 6.01. The number of carbonyl (C=O) groups is 1. The van der Waals surface area contributed by atoms with Crippen molar-refractivity contribution in [3.8, 4) is 0 Å². The van der Waals surface area contributed by atoms with Crippen LogP contribution in [-0.4, -0.2) is 50.2 Å². The van der Waals surface area contributed by atoms with Crippen molar-refractivity contribution in [2.75, 3.05) is 27.3 Å². The van der Waals surface area contributed by atoms with Crippen molar-refractivity contribution in [1.29, 1.82) is 0 Å². The molecule has 0 unspecified atom stereocenters. The standard InChI is InChI=1S/C11H19NO4/c1-5-7-14-9-6-8-15-11(2,16-9)10(13)12(3)4/h5,9H,1,6-8H2,2-4H3/t9-,11-/m0/s1. The van der Waals surface area contributed by atoms with Gasteiger partial charge >= 0.3 is 0 Å². The second-order valence-corrected chi connectivity index (χ2v) is 3.95. The lowest BCUT2D eigenvalue weighted by Crippen LogP contribution is -2.53. The molecule has 2 atom stereocenters. The number of hydrogen-bond donors (Lipinski definition) is 0. The SMILES string of the molecule is C=CCO[C@@H]1CCO[C@](C)(C(=O)N(C)C)O1. The second kappa shape index (κ2) is 5.43. The van der Waals surface area contributed by atoms with Gasteiger partial charge in [-0.05, 0) is 6.92 Å². The van der Waals surface area contributed by atoms with Gasteiger partial charge in [-0.3, -0.25) is 4.79 Å². The molecule has 1 aliphatic heterocycles. The Morgan fingerprint density at radius 3 is 2.94 bits per heavy atom. The maximum Gasteiger partial charge on any atom is 0.282 e. The van der Waals surface area contributed by atoms with Gasteiger partial charge in [0, 0.05) is 20.5 Å². The van der Waals surface area contributed by atoms with Crippen LogP contribution in [0.25, 0.3) is 0 Å². The largest absolute Gasteiger partial charge is 0.348 e. The summed E-state index contributed by atoms with van der Waals surface area (Å²) in [4.78, 5) is 13.3. The van der Waals surface area contributed by atoms with E-state index in [2.05, 4.69) is 6.58 Å². The third-order valence-electron chi connectivity index (χ3n) is 2.28. The van der Waals surface area contributed by atoms with E-state index in [1.54, 1.807) is 27.1 Å². The van der Waals surface area contributed by atoms with Crippen LogP contribution in [0.3, 0.4) is 0 Å². The monoisotopic (exact) mass is 229 g/mol. The van der Waals surface area contributed by atoms with Crippen LogP contribution in [0.2, 0.25) is 0 Å². The third-order valence-corrected chi connectivity index (χ3v) is 2.28. The zero-order valence-corrected chi connectivity index (χ0v) is 10.1. The summed E-state index contributed by atoms with van der Waals surface area (Å²) in [6, 6.07) is 0. The molecular formula is C11H19NO4. The zero-order valence-electron chi connectivity index (χ0n) is 10.1. The van der Waals surface area contributed by atoms with Crippen LogP contribution >= 0.6 is 0 Å². The van der Waals surface area contributed by atoms with E-state index in [0.717, 1.165) is 0 Å². The van der Waals surface area contributed by atoms with Gasteiger partial charge in [-0.25, -0.2) is 0 Å². The minimum absolute atomic E-state index is 0.223. The summed E-state index contributed by atoms with van der Waals surface area (Å²) in [5.41, 5.74) is 0. The molecule has 1 rings (SSSR count). The maximum atomic E-state index is 11.8. The van der Waals surface area contributed by atoms with Crippen LogP contribution < -0.4 is 0 Å². The molecule has 0 saturated carbocycles. The Morgan fingerprint density at radius 1 is 1.69 bits per heavy atom. The molecule has 0 N–H and O–H groups in total. The Morgan fingerprint density at radius 2 is 2.38 bits per heavy atom. The molecule has 0 bridgehead atoms. The van der Waals surface area contributed by atoms with Gasteiger partial charge in [0.1, 0.15) is 0 Å². The number of rotatable bonds is 4. The minimum atomic E-state index is -1.24. The number of hydrogen-bond acceptors (Lipinski definition) is 4. The fourth-order valence-electron chi connectivity index (χ4n) is 1.50. The van der Waals surface area contributed by atoms with E-state index >= 15 is 0 Å². The number of nitrogens with zero attached hydrogens (tertiary/aromatic N) is 1. The van der Waals surface area contributed by atoms with E-state index in [1.165, 1.54) is 4.90 Å². The molecule has 16 heavy (non-hydrogen) atoms. The van der Waals surface area contributed by atoms with Crippen molar-refractivity contribution in [3.05, 3.63) is 12.7 Å². The van der Waals surface area contributed by atoms with Gasteiger partial charge in [-0.15, -0.1) is 6.58 Å². The molecule has 92 valence electrons. The topological polar surface area (TPSA) is 48.0 Å². The van der Waals surface area contributed by atoms with Crippen LogP contribution in [0.1, 0.15) is 13.3 Å². The van der Waals surface area contributed by atoms with E-state index in [9.17, 15) is 4.79 Å². The number of ether oxygens (including phenoxy) is 3. The lowest BCUT2D eigenvalue weighted by molar-refractivity contribution is -0.323. The molecule has 0 spiro atoms.